The molecule has 0 aliphatic carbocycles. The zero-order valence-electron chi connectivity index (χ0n) is 15.8. The van der Waals surface area contributed by atoms with Crippen molar-refractivity contribution in [2.24, 2.45) is 0 Å². The molecule has 0 unspecified atom stereocenters. The maximum atomic E-state index is 12.4. The summed E-state index contributed by atoms with van der Waals surface area (Å²) in [7, 11) is 0. The van der Waals surface area contributed by atoms with Crippen LogP contribution in [0.5, 0.6) is 11.5 Å². The molecule has 0 spiro atoms. The van der Waals surface area contributed by atoms with E-state index in [0.29, 0.717) is 35.8 Å². The third kappa shape index (κ3) is 3.69. The number of benzene rings is 2. The summed E-state index contributed by atoms with van der Waals surface area (Å²) in [4.78, 5) is 16.7. The molecule has 1 aliphatic heterocycles. The molecule has 0 radical (unpaired) electrons. The van der Waals surface area contributed by atoms with Crippen molar-refractivity contribution in [1.29, 1.82) is 0 Å². The average molecular weight is 466 g/mol. The van der Waals surface area contributed by atoms with E-state index in [2.05, 4.69) is 20.9 Å². The number of rotatable bonds is 4. The molecular formula is C23H16BrNO5. The molecule has 30 heavy (non-hydrogen) atoms. The summed E-state index contributed by atoms with van der Waals surface area (Å²) in [6, 6.07) is 16.6. The van der Waals surface area contributed by atoms with Crippen molar-refractivity contribution >= 4 is 26.9 Å². The number of hydrogen-bond acceptors (Lipinski definition) is 6. The van der Waals surface area contributed by atoms with Gasteiger partial charge in [-0.2, -0.15) is 0 Å². The Morgan fingerprint density at radius 3 is 2.90 bits per heavy atom. The minimum absolute atomic E-state index is 0.224. The number of pyridine rings is 1. The van der Waals surface area contributed by atoms with Crippen molar-refractivity contribution in [2.45, 2.75) is 13.2 Å². The molecule has 150 valence electrons. The Morgan fingerprint density at radius 2 is 2.03 bits per heavy atom. The molecule has 2 aromatic heterocycles. The van der Waals surface area contributed by atoms with Crippen molar-refractivity contribution in [3.63, 3.8) is 0 Å². The first kappa shape index (κ1) is 18.8. The molecule has 0 saturated heterocycles. The molecule has 4 aromatic rings. The summed E-state index contributed by atoms with van der Waals surface area (Å²) in [6.45, 7) is 1.03. The average Bonchev–Trinajstić information content (AvgIpc) is 2.77. The predicted octanol–water partition coefficient (Wildman–Crippen LogP) is 5.06. The molecule has 0 atom stereocenters. The highest BCUT2D eigenvalue weighted by Gasteiger charge is 2.17. The van der Waals surface area contributed by atoms with E-state index in [9.17, 15) is 4.79 Å². The third-order valence-corrected chi connectivity index (χ3v) is 5.25. The van der Waals surface area contributed by atoms with Crippen LogP contribution in [0.15, 0.2) is 74.5 Å². The molecule has 0 fully saturated rings. The molecule has 1 aliphatic rings. The van der Waals surface area contributed by atoms with E-state index < -0.39 is 5.63 Å². The lowest BCUT2D eigenvalue weighted by Crippen LogP contribution is -2.14. The van der Waals surface area contributed by atoms with Gasteiger partial charge in [-0.15, -0.1) is 0 Å². The lowest BCUT2D eigenvalue weighted by atomic mass is 10.1. The van der Waals surface area contributed by atoms with E-state index in [1.165, 1.54) is 0 Å². The smallest absolute Gasteiger partial charge is 0.345 e. The fourth-order valence-corrected chi connectivity index (χ4v) is 3.96. The Hall–Kier alpha value is -3.16. The van der Waals surface area contributed by atoms with E-state index in [1.54, 1.807) is 30.5 Å². The summed E-state index contributed by atoms with van der Waals surface area (Å²) < 4.78 is 23.4. The Morgan fingerprint density at radius 1 is 1.10 bits per heavy atom. The number of ether oxygens (including phenoxy) is 3. The van der Waals surface area contributed by atoms with E-state index in [4.69, 9.17) is 18.6 Å². The maximum absolute atomic E-state index is 12.4. The number of halogens is 1. The van der Waals surface area contributed by atoms with Gasteiger partial charge in [0.05, 0.1) is 17.9 Å². The minimum Gasteiger partial charge on any atom is -0.489 e. The van der Waals surface area contributed by atoms with Gasteiger partial charge in [-0.25, -0.2) is 4.79 Å². The van der Waals surface area contributed by atoms with Crippen molar-refractivity contribution in [3.05, 3.63) is 86.8 Å². The summed E-state index contributed by atoms with van der Waals surface area (Å²) in [5, 5.41) is 0.794. The van der Waals surface area contributed by atoms with Crippen molar-refractivity contribution in [3.8, 4) is 22.8 Å². The van der Waals surface area contributed by atoms with Gasteiger partial charge >= 0.3 is 5.63 Å². The molecule has 0 N–H and O–H groups in total. The Labute approximate surface area is 180 Å². The van der Waals surface area contributed by atoms with E-state index in [-0.39, 0.29) is 6.79 Å². The molecular weight excluding hydrogens is 450 g/mol. The SMILES string of the molecule is O=c1oc2cc(OCc3cc(Br)cc4c3OCOC4)ccc2cc1-c1ccccn1. The van der Waals surface area contributed by atoms with Crippen LogP contribution in [0.2, 0.25) is 0 Å². The van der Waals surface area contributed by atoms with Crippen LogP contribution in [0.3, 0.4) is 0 Å². The van der Waals surface area contributed by atoms with Gasteiger partial charge in [0.2, 0.25) is 0 Å². The Kier molecular flexibility index (Phi) is 4.98. The number of fused-ring (bicyclic) bond motifs is 2. The standard InChI is InChI=1S/C23H16BrNO5/c24-17-7-15-11-27-13-29-22(15)16(8-17)12-28-18-5-4-14-9-19(20-3-1-2-6-25-20)23(26)30-21(14)10-18/h1-10H,11-13H2. The van der Waals surface area contributed by atoms with Crippen molar-refractivity contribution in [2.75, 3.05) is 6.79 Å². The van der Waals surface area contributed by atoms with Crippen LogP contribution < -0.4 is 15.1 Å². The zero-order chi connectivity index (χ0) is 20.5. The molecule has 6 nitrogen and oxygen atoms in total. The minimum atomic E-state index is -0.437. The maximum Gasteiger partial charge on any atom is 0.345 e. The fraction of sp³-hybridized carbons (Fsp3) is 0.130. The highest BCUT2D eigenvalue weighted by atomic mass is 79.9. The van der Waals surface area contributed by atoms with Crippen molar-refractivity contribution in [1.82, 2.24) is 4.98 Å². The van der Waals surface area contributed by atoms with Gasteiger partial charge in [-0.1, -0.05) is 22.0 Å². The predicted molar refractivity (Wildman–Crippen MR) is 114 cm³/mol. The third-order valence-electron chi connectivity index (χ3n) is 4.79. The molecule has 0 bridgehead atoms. The quantitative estimate of drug-likeness (QED) is 0.392. The number of aromatic nitrogens is 1. The normalized spacial score (nSPS) is 13.0. The topological polar surface area (TPSA) is 70.8 Å². The van der Waals surface area contributed by atoms with Crippen LogP contribution >= 0.6 is 15.9 Å². The summed E-state index contributed by atoms with van der Waals surface area (Å²) in [5.74, 6) is 1.38. The van der Waals surface area contributed by atoms with E-state index >= 15 is 0 Å². The molecule has 5 rings (SSSR count). The summed E-state index contributed by atoms with van der Waals surface area (Å²) in [6.07, 6.45) is 1.65. The summed E-state index contributed by atoms with van der Waals surface area (Å²) >= 11 is 3.51. The first-order chi connectivity index (χ1) is 14.7. The monoisotopic (exact) mass is 465 g/mol. The fourth-order valence-electron chi connectivity index (χ4n) is 3.41. The Balaban J connectivity index is 1.43. The molecule has 2 aromatic carbocycles. The second kappa shape index (κ2) is 7.93. The molecule has 0 amide bonds. The van der Waals surface area contributed by atoms with Gasteiger partial charge in [-0.05, 0) is 42.5 Å². The molecule has 7 heteroatoms. The molecule has 3 heterocycles. The zero-order valence-corrected chi connectivity index (χ0v) is 17.3. The van der Waals surface area contributed by atoms with Gasteiger partial charge < -0.3 is 18.6 Å². The van der Waals surface area contributed by atoms with Crippen LogP contribution in [0.4, 0.5) is 0 Å². The highest BCUT2D eigenvalue weighted by molar-refractivity contribution is 9.10. The van der Waals surface area contributed by atoms with Gasteiger partial charge in [-0.3, -0.25) is 4.98 Å². The second-order valence-corrected chi connectivity index (χ2v) is 7.73. The van der Waals surface area contributed by atoms with Crippen LogP contribution in [0.25, 0.3) is 22.2 Å². The summed E-state index contributed by atoms with van der Waals surface area (Å²) in [5.41, 5.74) is 2.91. The van der Waals surface area contributed by atoms with Crippen LogP contribution in [-0.2, 0) is 18.0 Å². The van der Waals surface area contributed by atoms with Crippen molar-refractivity contribution < 1.29 is 18.6 Å². The van der Waals surface area contributed by atoms with Crippen LogP contribution in [-0.4, -0.2) is 11.8 Å². The van der Waals surface area contributed by atoms with Gasteiger partial charge in [0.15, 0.2) is 6.79 Å². The van der Waals surface area contributed by atoms with Crippen LogP contribution in [0, 0.1) is 0 Å². The second-order valence-electron chi connectivity index (χ2n) is 6.81. The van der Waals surface area contributed by atoms with Gasteiger partial charge in [0.1, 0.15) is 23.7 Å². The lowest BCUT2D eigenvalue weighted by Gasteiger charge is -2.21. The first-order valence-corrected chi connectivity index (χ1v) is 10.1. The Bertz CT molecular complexity index is 1290. The number of hydrogen-bond donors (Lipinski definition) is 0. The largest absolute Gasteiger partial charge is 0.489 e. The first-order valence-electron chi connectivity index (χ1n) is 9.31. The number of nitrogens with zero attached hydrogens (tertiary/aromatic N) is 1. The van der Waals surface area contributed by atoms with E-state index in [0.717, 1.165) is 26.7 Å². The van der Waals surface area contributed by atoms with Crippen LogP contribution in [0.1, 0.15) is 11.1 Å². The van der Waals surface area contributed by atoms with Gasteiger partial charge in [0.25, 0.3) is 0 Å². The molecule has 0 saturated carbocycles. The lowest BCUT2D eigenvalue weighted by molar-refractivity contribution is -0.0176. The van der Waals surface area contributed by atoms with E-state index in [1.807, 2.05) is 30.3 Å². The highest BCUT2D eigenvalue weighted by Crippen LogP contribution is 2.33. The van der Waals surface area contributed by atoms with Gasteiger partial charge in [0, 0.05) is 33.2 Å².